The van der Waals surface area contributed by atoms with E-state index in [1.165, 1.54) is 39.7 Å². The van der Waals surface area contributed by atoms with E-state index in [9.17, 15) is 13.2 Å². The van der Waals surface area contributed by atoms with Gasteiger partial charge >= 0.3 is 5.76 Å². The number of ether oxygens (including phenoxy) is 1. The fourth-order valence-corrected chi connectivity index (χ4v) is 4.58. The predicted molar refractivity (Wildman–Crippen MR) is 100.0 cm³/mol. The van der Waals surface area contributed by atoms with Crippen LogP contribution in [0, 0.1) is 0 Å². The van der Waals surface area contributed by atoms with E-state index in [1.54, 1.807) is 7.05 Å². The molecule has 1 aliphatic rings. The average molecular weight is 388 g/mol. The van der Waals surface area contributed by atoms with Gasteiger partial charge in [-0.3, -0.25) is 4.57 Å². The highest BCUT2D eigenvalue weighted by molar-refractivity contribution is 7.89. The summed E-state index contributed by atoms with van der Waals surface area (Å²) in [6.07, 6.45) is 0.465. The molecule has 4 rings (SSSR count). The van der Waals surface area contributed by atoms with Crippen molar-refractivity contribution in [3.05, 3.63) is 64.1 Å². The summed E-state index contributed by atoms with van der Waals surface area (Å²) in [5.41, 5.74) is 3.13. The van der Waals surface area contributed by atoms with Crippen molar-refractivity contribution in [2.24, 2.45) is 7.05 Å². The van der Waals surface area contributed by atoms with Crippen molar-refractivity contribution >= 4 is 21.1 Å². The van der Waals surface area contributed by atoms with Gasteiger partial charge in [0.1, 0.15) is 0 Å². The Morgan fingerprint density at radius 3 is 2.70 bits per heavy atom. The number of hydrogen-bond donors (Lipinski definition) is 0. The lowest BCUT2D eigenvalue weighted by Gasteiger charge is -2.28. The van der Waals surface area contributed by atoms with Crippen LogP contribution in [0.25, 0.3) is 11.1 Å². The van der Waals surface area contributed by atoms with Crippen LogP contribution in [0.4, 0.5) is 0 Å². The van der Waals surface area contributed by atoms with Crippen LogP contribution in [-0.4, -0.2) is 37.0 Å². The summed E-state index contributed by atoms with van der Waals surface area (Å²) in [4.78, 5) is 11.7. The molecule has 27 heavy (non-hydrogen) atoms. The van der Waals surface area contributed by atoms with E-state index in [0.29, 0.717) is 24.1 Å². The highest BCUT2D eigenvalue weighted by Gasteiger charge is 2.27. The van der Waals surface area contributed by atoms with E-state index >= 15 is 0 Å². The van der Waals surface area contributed by atoms with E-state index in [4.69, 9.17) is 9.15 Å². The molecule has 1 aliphatic heterocycles. The second-order valence-corrected chi connectivity index (χ2v) is 8.79. The minimum Gasteiger partial charge on any atom is -0.408 e. The summed E-state index contributed by atoms with van der Waals surface area (Å²) < 4.78 is 39.4. The van der Waals surface area contributed by atoms with Gasteiger partial charge in [-0.1, -0.05) is 24.3 Å². The van der Waals surface area contributed by atoms with Gasteiger partial charge in [-0.15, -0.1) is 0 Å². The molecule has 2 heterocycles. The first-order valence-electron chi connectivity index (χ1n) is 8.60. The smallest absolute Gasteiger partial charge is 0.408 e. The van der Waals surface area contributed by atoms with Crippen molar-refractivity contribution < 1.29 is 17.6 Å². The van der Waals surface area contributed by atoms with Gasteiger partial charge in [0.05, 0.1) is 23.1 Å². The van der Waals surface area contributed by atoms with Crippen LogP contribution >= 0.6 is 0 Å². The zero-order chi connectivity index (χ0) is 19.2. The molecule has 7 nitrogen and oxygen atoms in total. The van der Waals surface area contributed by atoms with E-state index in [-0.39, 0.29) is 17.5 Å². The van der Waals surface area contributed by atoms with E-state index < -0.39 is 15.8 Å². The Morgan fingerprint density at radius 1 is 1.19 bits per heavy atom. The normalized spacial score (nSPS) is 17.4. The van der Waals surface area contributed by atoms with Crippen molar-refractivity contribution in [1.29, 1.82) is 0 Å². The summed E-state index contributed by atoms with van der Waals surface area (Å²) in [7, 11) is -0.636. The second-order valence-electron chi connectivity index (χ2n) is 6.75. The fraction of sp³-hybridized carbons (Fsp3) is 0.316. The molecular formula is C19H20N2O5S. The van der Waals surface area contributed by atoms with Crippen LogP contribution in [0.15, 0.2) is 56.6 Å². The largest absolute Gasteiger partial charge is 0.419 e. The maximum atomic E-state index is 13.0. The van der Waals surface area contributed by atoms with Crippen LogP contribution in [0.5, 0.6) is 0 Å². The molecule has 0 saturated heterocycles. The Labute approximate surface area is 156 Å². The number of benzene rings is 2. The standard InChI is InChI=1S/C19H20N2O5S/c1-20(11-15-9-13-5-3-4-6-14(13)12-25-15)27(23,24)16-7-8-18-17(10-16)21(2)19(22)26-18/h3-8,10,15H,9,11-12H2,1-2H3. The first-order chi connectivity index (χ1) is 12.9. The molecule has 0 aliphatic carbocycles. The number of fused-ring (bicyclic) bond motifs is 2. The number of aryl methyl sites for hydroxylation is 1. The van der Waals surface area contributed by atoms with Crippen molar-refractivity contribution in [2.75, 3.05) is 13.6 Å². The van der Waals surface area contributed by atoms with Gasteiger partial charge < -0.3 is 9.15 Å². The number of oxazole rings is 1. The molecule has 1 aromatic heterocycles. The summed E-state index contributed by atoms with van der Waals surface area (Å²) in [5, 5.41) is 0. The SMILES string of the molecule is CN(CC1Cc2ccccc2CO1)S(=O)(=O)c1ccc2oc(=O)n(C)c2c1. The molecule has 2 aromatic carbocycles. The first kappa shape index (κ1) is 18.0. The lowest BCUT2D eigenvalue weighted by Crippen LogP contribution is -2.38. The van der Waals surface area contributed by atoms with Gasteiger partial charge in [0.2, 0.25) is 10.0 Å². The zero-order valence-corrected chi connectivity index (χ0v) is 15.9. The van der Waals surface area contributed by atoms with Crippen LogP contribution in [0.1, 0.15) is 11.1 Å². The van der Waals surface area contributed by atoms with E-state index in [2.05, 4.69) is 0 Å². The second kappa shape index (κ2) is 6.63. The maximum absolute atomic E-state index is 13.0. The monoisotopic (exact) mass is 388 g/mol. The minimum absolute atomic E-state index is 0.116. The zero-order valence-electron chi connectivity index (χ0n) is 15.1. The molecule has 8 heteroatoms. The molecule has 0 spiro atoms. The molecule has 0 N–H and O–H groups in total. The average Bonchev–Trinajstić information content (AvgIpc) is 2.95. The lowest BCUT2D eigenvalue weighted by molar-refractivity contribution is 0.0202. The molecule has 0 radical (unpaired) electrons. The third kappa shape index (κ3) is 3.20. The van der Waals surface area contributed by atoms with Crippen molar-refractivity contribution in [1.82, 2.24) is 8.87 Å². The summed E-state index contributed by atoms with van der Waals surface area (Å²) in [5.74, 6) is -0.526. The van der Waals surface area contributed by atoms with Gasteiger partial charge in [0.25, 0.3) is 0 Å². The molecule has 142 valence electrons. The quantitative estimate of drug-likeness (QED) is 0.682. The fourth-order valence-electron chi connectivity index (χ4n) is 3.36. The number of aromatic nitrogens is 1. The Bertz CT molecular complexity index is 1160. The van der Waals surface area contributed by atoms with Crippen molar-refractivity contribution in [3.63, 3.8) is 0 Å². The minimum atomic E-state index is -3.72. The van der Waals surface area contributed by atoms with Gasteiger partial charge in [-0.05, 0) is 29.3 Å². The molecule has 0 saturated carbocycles. The van der Waals surface area contributed by atoms with Gasteiger partial charge in [0.15, 0.2) is 5.58 Å². The maximum Gasteiger partial charge on any atom is 0.419 e. The number of rotatable bonds is 4. The van der Waals surface area contributed by atoms with Crippen LogP contribution < -0.4 is 5.76 Å². The molecule has 3 aromatic rings. The van der Waals surface area contributed by atoms with E-state index in [1.807, 2.05) is 24.3 Å². The Morgan fingerprint density at radius 2 is 1.93 bits per heavy atom. The van der Waals surface area contributed by atoms with Crippen LogP contribution in [-0.2, 0) is 34.8 Å². The van der Waals surface area contributed by atoms with Crippen molar-refractivity contribution in [3.8, 4) is 0 Å². The molecule has 1 atom stereocenters. The molecule has 1 unspecified atom stereocenters. The van der Waals surface area contributed by atoms with Crippen LogP contribution in [0.2, 0.25) is 0 Å². The van der Waals surface area contributed by atoms with Crippen molar-refractivity contribution in [2.45, 2.75) is 24.0 Å². The third-order valence-electron chi connectivity index (χ3n) is 4.97. The summed E-state index contributed by atoms with van der Waals surface area (Å²) in [6.45, 7) is 0.733. The topological polar surface area (TPSA) is 81.8 Å². The summed E-state index contributed by atoms with van der Waals surface area (Å²) >= 11 is 0. The van der Waals surface area contributed by atoms with Gasteiger partial charge in [-0.25, -0.2) is 13.2 Å². The Hall–Kier alpha value is -2.42. The summed E-state index contributed by atoms with van der Waals surface area (Å²) in [6, 6.07) is 12.4. The third-order valence-corrected chi connectivity index (χ3v) is 6.79. The number of likely N-dealkylation sites (N-methyl/N-ethyl adjacent to an activating group) is 1. The number of nitrogens with zero attached hydrogens (tertiary/aromatic N) is 2. The van der Waals surface area contributed by atoms with Crippen LogP contribution in [0.3, 0.4) is 0 Å². The highest BCUT2D eigenvalue weighted by Crippen LogP contribution is 2.24. The first-order valence-corrected chi connectivity index (χ1v) is 10.0. The van der Waals surface area contributed by atoms with E-state index in [0.717, 1.165) is 5.56 Å². The number of hydrogen-bond acceptors (Lipinski definition) is 5. The van der Waals surface area contributed by atoms with Gasteiger partial charge in [-0.2, -0.15) is 4.31 Å². The molecule has 0 amide bonds. The number of sulfonamides is 1. The highest BCUT2D eigenvalue weighted by atomic mass is 32.2. The molecule has 0 bridgehead atoms. The predicted octanol–water partition coefficient (Wildman–Crippen LogP) is 1.89. The van der Waals surface area contributed by atoms with Gasteiger partial charge in [0, 0.05) is 27.1 Å². The lowest BCUT2D eigenvalue weighted by atomic mass is 9.99. The molecule has 0 fully saturated rings. The Balaban J connectivity index is 1.57. The molecular weight excluding hydrogens is 368 g/mol. The Kier molecular flexibility index (Phi) is 4.41.